The summed E-state index contributed by atoms with van der Waals surface area (Å²) in [5, 5.41) is 10.8. The van der Waals surface area contributed by atoms with Gasteiger partial charge in [0.1, 0.15) is 0 Å². The van der Waals surface area contributed by atoms with Crippen molar-refractivity contribution in [2.24, 2.45) is 0 Å². The Hall–Kier alpha value is -1.13. The van der Waals surface area contributed by atoms with Crippen LogP contribution in [-0.4, -0.2) is 18.7 Å². The summed E-state index contributed by atoms with van der Waals surface area (Å²) < 4.78 is 11.0. The first-order valence-electron chi connectivity index (χ1n) is 1.76. The van der Waals surface area contributed by atoms with Gasteiger partial charge in [-0.15, -0.1) is 4.39 Å². The summed E-state index contributed by atoms with van der Waals surface area (Å²) in [6.45, 7) is -0.782. The normalized spacial score (nSPS) is 8.12. The molecule has 0 fully saturated rings. The van der Waals surface area contributed by atoms with Crippen LogP contribution >= 0.6 is 0 Å². The fraction of sp³-hybridized carbons (Fsp3) is 0.333. The molecule has 0 atom stereocenters. The molecule has 4 nitrogen and oxygen atoms in total. The van der Waals surface area contributed by atoms with Crippen molar-refractivity contribution in [3.8, 4) is 0 Å². The molecule has 0 aromatic carbocycles. The first kappa shape index (κ1) is 6.87. The van der Waals surface area contributed by atoms with Crippen molar-refractivity contribution in [2.75, 3.05) is 6.54 Å². The zero-order valence-electron chi connectivity index (χ0n) is 3.81. The van der Waals surface area contributed by atoms with Gasteiger partial charge in [-0.2, -0.15) is 0 Å². The third kappa shape index (κ3) is 4.87. The first-order valence-corrected chi connectivity index (χ1v) is 1.76. The van der Waals surface area contributed by atoms with Gasteiger partial charge in [-0.3, -0.25) is 0 Å². The molecule has 0 aliphatic carbocycles. The van der Waals surface area contributed by atoms with E-state index >= 15 is 0 Å². The maximum Gasteiger partial charge on any atom is 0.397 e. The molecule has 0 bridgehead atoms. The van der Waals surface area contributed by atoms with Crippen LogP contribution in [0.1, 0.15) is 0 Å². The van der Waals surface area contributed by atoms with Crippen molar-refractivity contribution in [3.63, 3.8) is 0 Å². The number of aliphatic carboxylic acids is 1. The molecule has 1 amide bonds. The summed E-state index contributed by atoms with van der Waals surface area (Å²) in [5.41, 5.74) is 0. The Bertz CT molecular complexity index is 99.1. The zero-order chi connectivity index (χ0) is 6.57. The molecule has 46 valence electrons. The van der Waals surface area contributed by atoms with Gasteiger partial charge < -0.3 is 15.2 Å². The molecule has 0 aromatic heterocycles. The monoisotopic (exact) mass is 120 g/mol. The van der Waals surface area contributed by atoms with E-state index in [0.29, 0.717) is 0 Å². The van der Waals surface area contributed by atoms with Gasteiger partial charge in [0, 0.05) is 0 Å². The summed E-state index contributed by atoms with van der Waals surface area (Å²) in [6, 6.07) is 0. The van der Waals surface area contributed by atoms with E-state index in [0.717, 1.165) is 0 Å². The second-order valence-corrected chi connectivity index (χ2v) is 0.999. The molecule has 0 rings (SSSR count). The molecule has 0 spiro atoms. The van der Waals surface area contributed by atoms with Crippen LogP contribution in [0.2, 0.25) is 0 Å². The van der Waals surface area contributed by atoms with Gasteiger partial charge in [-0.05, 0) is 0 Å². The fourth-order valence-electron chi connectivity index (χ4n) is 0.142. The predicted octanol–water partition coefficient (Wildman–Crippen LogP) is -1.58. The number of carboxylic acid groups (broad SMARTS) is 1. The van der Waals surface area contributed by atoms with Crippen LogP contribution in [0.4, 0.5) is 9.18 Å². The van der Waals surface area contributed by atoms with Crippen molar-refractivity contribution in [1.82, 2.24) is 5.32 Å². The van der Waals surface area contributed by atoms with Crippen LogP contribution in [0.15, 0.2) is 0 Å². The summed E-state index contributed by atoms with van der Waals surface area (Å²) in [7, 11) is 0. The summed E-state index contributed by atoms with van der Waals surface area (Å²) in [5.74, 6) is -1.52. The maximum absolute atomic E-state index is 11.0. The van der Waals surface area contributed by atoms with Gasteiger partial charge in [-0.25, -0.2) is 4.79 Å². The molecule has 5 heteroatoms. The number of hydrogen-bond acceptors (Lipinski definition) is 3. The average molecular weight is 120 g/mol. The smallest absolute Gasteiger partial charge is 0.397 e. The van der Waals surface area contributed by atoms with E-state index in [1.807, 2.05) is 0 Å². The minimum Gasteiger partial charge on any atom is -0.548 e. The lowest BCUT2D eigenvalue weighted by Gasteiger charge is -1.97. The highest BCUT2D eigenvalue weighted by molar-refractivity contribution is 5.74. The number of carbonyl (C=O) groups is 2. The Balaban J connectivity index is 3.18. The van der Waals surface area contributed by atoms with E-state index in [1.54, 1.807) is 0 Å². The Kier molecular flexibility index (Phi) is 2.53. The second kappa shape index (κ2) is 2.95. The number of nitrogens with one attached hydrogen (secondary N) is 1. The number of rotatable bonds is 2. The number of amides is 1. The lowest BCUT2D eigenvalue weighted by molar-refractivity contribution is -0.303. The highest BCUT2D eigenvalue weighted by Gasteiger charge is 1.91. The number of carboxylic acids is 1. The number of carbonyl (C=O) groups excluding carboxylic acids is 2. The van der Waals surface area contributed by atoms with E-state index in [9.17, 15) is 19.1 Å². The molecule has 0 saturated carbocycles. The molecule has 0 aromatic rings. The molecular formula is C3H3FNO3-. The zero-order valence-corrected chi connectivity index (χ0v) is 3.81. The van der Waals surface area contributed by atoms with Crippen molar-refractivity contribution in [3.05, 3.63) is 0 Å². The molecule has 0 unspecified atom stereocenters. The number of hydrogen-bond donors (Lipinski definition) is 1. The minimum absolute atomic E-state index is 0.782. The first-order chi connectivity index (χ1) is 3.63. The van der Waals surface area contributed by atoms with Crippen molar-refractivity contribution in [2.45, 2.75) is 0 Å². The number of halogens is 1. The van der Waals surface area contributed by atoms with Gasteiger partial charge in [0.15, 0.2) is 0 Å². The summed E-state index contributed by atoms with van der Waals surface area (Å²) in [4.78, 5) is 18.7. The van der Waals surface area contributed by atoms with Gasteiger partial charge >= 0.3 is 6.16 Å². The SMILES string of the molecule is O=C([O-])CNC(=O)F. The Morgan fingerprint density at radius 3 is 2.25 bits per heavy atom. The standard InChI is InChI=1S/C3H4FNO3/c4-3(8)5-1-2(6)7/h1H2,(H,5,8)(H,6,7)/p-1. The van der Waals surface area contributed by atoms with Gasteiger partial charge in [0.05, 0.1) is 12.5 Å². The molecule has 0 heterocycles. The topological polar surface area (TPSA) is 69.2 Å². The average Bonchev–Trinajstić information content (AvgIpc) is 1.61. The lowest BCUT2D eigenvalue weighted by Crippen LogP contribution is -2.35. The summed E-state index contributed by atoms with van der Waals surface area (Å²) in [6.07, 6.45) is -1.87. The molecule has 8 heavy (non-hydrogen) atoms. The van der Waals surface area contributed by atoms with Crippen molar-refractivity contribution < 1.29 is 19.1 Å². The van der Waals surface area contributed by atoms with Crippen LogP contribution in [0.5, 0.6) is 0 Å². The highest BCUT2D eigenvalue weighted by Crippen LogP contribution is 1.66. The highest BCUT2D eigenvalue weighted by atomic mass is 19.1. The van der Waals surface area contributed by atoms with E-state index in [-0.39, 0.29) is 0 Å². The third-order valence-electron chi connectivity index (χ3n) is 0.372. The Morgan fingerprint density at radius 1 is 1.62 bits per heavy atom. The van der Waals surface area contributed by atoms with Crippen LogP contribution in [0.25, 0.3) is 0 Å². The largest absolute Gasteiger partial charge is 0.548 e. The fourth-order valence-corrected chi connectivity index (χ4v) is 0.142. The molecule has 1 N–H and O–H groups in total. The molecule has 0 saturated heterocycles. The molecular weight excluding hydrogens is 117 g/mol. The van der Waals surface area contributed by atoms with Crippen LogP contribution < -0.4 is 10.4 Å². The molecule has 0 aliphatic rings. The van der Waals surface area contributed by atoms with Gasteiger partial charge in [0.2, 0.25) is 0 Å². The maximum atomic E-state index is 11.0. The minimum atomic E-state index is -1.87. The van der Waals surface area contributed by atoms with E-state index in [2.05, 4.69) is 0 Å². The van der Waals surface area contributed by atoms with Crippen molar-refractivity contribution in [1.29, 1.82) is 0 Å². The molecule has 0 aliphatic heterocycles. The lowest BCUT2D eigenvalue weighted by atomic mass is 10.7. The van der Waals surface area contributed by atoms with Crippen LogP contribution in [-0.2, 0) is 4.79 Å². The second-order valence-electron chi connectivity index (χ2n) is 0.999. The van der Waals surface area contributed by atoms with E-state index < -0.39 is 18.7 Å². The van der Waals surface area contributed by atoms with Crippen molar-refractivity contribution >= 4 is 12.1 Å². The van der Waals surface area contributed by atoms with E-state index in [4.69, 9.17) is 0 Å². The quantitative estimate of drug-likeness (QED) is 0.353. The Morgan fingerprint density at radius 2 is 2.12 bits per heavy atom. The third-order valence-corrected chi connectivity index (χ3v) is 0.372. The Labute approximate surface area is 44.3 Å². The van der Waals surface area contributed by atoms with Crippen LogP contribution in [0, 0.1) is 0 Å². The molecule has 0 radical (unpaired) electrons. The predicted molar refractivity (Wildman–Crippen MR) is 19.5 cm³/mol. The van der Waals surface area contributed by atoms with E-state index in [1.165, 1.54) is 5.32 Å². The van der Waals surface area contributed by atoms with Crippen LogP contribution in [0.3, 0.4) is 0 Å². The van der Waals surface area contributed by atoms with Gasteiger partial charge in [-0.1, -0.05) is 0 Å². The summed E-state index contributed by atoms with van der Waals surface area (Å²) >= 11 is 0. The van der Waals surface area contributed by atoms with Gasteiger partial charge in [0.25, 0.3) is 0 Å².